The monoisotopic (exact) mass is 331 g/mol. The molecule has 0 unspecified atom stereocenters. The fourth-order valence-electron chi connectivity index (χ4n) is 3.38. The van der Waals surface area contributed by atoms with Gasteiger partial charge in [0.05, 0.1) is 10.9 Å². The number of carbonyl (C=O) groups excluding carboxylic acids is 1. The minimum Gasteiger partial charge on any atom is -0.383 e. The molecule has 0 spiro atoms. The molecule has 1 fully saturated rings. The minimum absolute atomic E-state index is 0.0313. The van der Waals surface area contributed by atoms with Gasteiger partial charge in [0.15, 0.2) is 0 Å². The Kier molecular flexibility index (Phi) is 4.00. The number of piperidine rings is 1. The van der Waals surface area contributed by atoms with Gasteiger partial charge >= 0.3 is 0 Å². The lowest BCUT2D eigenvalue weighted by molar-refractivity contribution is -0.135. The van der Waals surface area contributed by atoms with Gasteiger partial charge in [-0.3, -0.25) is 14.2 Å². The van der Waals surface area contributed by atoms with Crippen LogP contribution in [-0.4, -0.2) is 45.5 Å². The first-order chi connectivity index (χ1) is 11.4. The average molecular weight is 331 g/mol. The number of nitrogens with zero attached hydrogens (tertiary/aromatic N) is 4. The summed E-state index contributed by atoms with van der Waals surface area (Å²) in [6.45, 7) is 2.64. The fourth-order valence-corrected chi connectivity index (χ4v) is 3.38. The Bertz CT molecular complexity index is 853. The maximum atomic E-state index is 12.9. The van der Waals surface area contributed by atoms with E-state index in [0.717, 1.165) is 0 Å². The largest absolute Gasteiger partial charge is 0.383 e. The van der Waals surface area contributed by atoms with Crippen molar-refractivity contribution in [3.05, 3.63) is 28.3 Å². The maximum Gasteiger partial charge on any atom is 0.258 e. The van der Waals surface area contributed by atoms with Gasteiger partial charge < -0.3 is 15.4 Å². The number of methoxy groups -OCH3 is 1. The van der Waals surface area contributed by atoms with Crippen LogP contribution < -0.4 is 11.3 Å². The van der Waals surface area contributed by atoms with Crippen LogP contribution in [0.1, 0.15) is 25.3 Å². The number of aryl methyl sites for hydroxylation is 1. The van der Waals surface area contributed by atoms with E-state index in [1.165, 1.54) is 10.9 Å². The molecule has 2 N–H and O–H groups in total. The zero-order valence-electron chi connectivity index (χ0n) is 14.1. The van der Waals surface area contributed by atoms with Gasteiger partial charge in [-0.1, -0.05) is 0 Å². The Morgan fingerprint density at radius 1 is 1.33 bits per heavy atom. The molecule has 8 nitrogen and oxygen atoms in total. The third kappa shape index (κ3) is 2.43. The van der Waals surface area contributed by atoms with E-state index in [1.807, 2.05) is 0 Å². The Morgan fingerprint density at radius 3 is 2.58 bits per heavy atom. The molecule has 3 rings (SSSR count). The number of aromatic nitrogens is 3. The third-order valence-electron chi connectivity index (χ3n) is 4.93. The number of fused-ring (bicyclic) bond motifs is 1. The molecule has 2 aromatic rings. The van der Waals surface area contributed by atoms with Gasteiger partial charge in [-0.2, -0.15) is 0 Å². The van der Waals surface area contributed by atoms with E-state index in [9.17, 15) is 9.59 Å². The second kappa shape index (κ2) is 5.86. The van der Waals surface area contributed by atoms with Crippen molar-refractivity contribution >= 4 is 22.8 Å². The topological polar surface area (TPSA) is 103 Å². The highest BCUT2D eigenvalue weighted by molar-refractivity contribution is 5.85. The molecular formula is C16H21N5O3. The maximum absolute atomic E-state index is 12.9. The van der Waals surface area contributed by atoms with Gasteiger partial charge in [0.2, 0.25) is 5.91 Å². The van der Waals surface area contributed by atoms with Gasteiger partial charge in [0, 0.05) is 34.2 Å². The first-order valence-corrected chi connectivity index (χ1v) is 7.81. The highest BCUT2D eigenvalue weighted by Gasteiger charge is 2.39. The van der Waals surface area contributed by atoms with Crippen molar-refractivity contribution < 1.29 is 9.53 Å². The van der Waals surface area contributed by atoms with Gasteiger partial charge in [0.25, 0.3) is 5.56 Å². The summed E-state index contributed by atoms with van der Waals surface area (Å²) in [5.74, 6) is 0.355. The van der Waals surface area contributed by atoms with Crippen molar-refractivity contribution in [2.24, 2.45) is 7.05 Å². The SMILES string of the molecule is COC1(c2cc3c(N)ncnc3n(C)c2=O)CCN(C(C)=O)CC1. The van der Waals surface area contributed by atoms with Crippen molar-refractivity contribution in [3.63, 3.8) is 0 Å². The summed E-state index contributed by atoms with van der Waals surface area (Å²) in [5.41, 5.74) is 6.07. The van der Waals surface area contributed by atoms with Crippen molar-refractivity contribution in [2.45, 2.75) is 25.4 Å². The van der Waals surface area contributed by atoms with Crippen molar-refractivity contribution in [1.29, 1.82) is 0 Å². The molecule has 0 aromatic carbocycles. The average Bonchev–Trinajstić information content (AvgIpc) is 2.58. The normalized spacial score (nSPS) is 17.2. The summed E-state index contributed by atoms with van der Waals surface area (Å²) < 4.78 is 7.26. The number of carbonyl (C=O) groups is 1. The Labute approximate surface area is 139 Å². The second-order valence-electron chi connectivity index (χ2n) is 6.12. The Balaban J connectivity index is 2.14. The summed E-state index contributed by atoms with van der Waals surface area (Å²) in [7, 11) is 3.26. The molecule has 1 aliphatic heterocycles. The quantitative estimate of drug-likeness (QED) is 0.854. The molecule has 1 saturated heterocycles. The number of nitrogen functional groups attached to an aromatic ring is 1. The standard InChI is InChI=1S/C16H21N5O3/c1-10(22)21-6-4-16(24-3,5-7-21)12-8-11-13(17)18-9-19-14(11)20(2)15(12)23/h8-9H,4-7H2,1-3H3,(H2,17,18,19). The van der Waals surface area contributed by atoms with Crippen LogP contribution in [0.4, 0.5) is 5.82 Å². The van der Waals surface area contributed by atoms with E-state index in [0.29, 0.717) is 48.3 Å². The Morgan fingerprint density at radius 2 is 2.00 bits per heavy atom. The van der Waals surface area contributed by atoms with Crippen LogP contribution in [0.5, 0.6) is 0 Å². The Hall–Kier alpha value is -2.48. The van der Waals surface area contributed by atoms with Crippen LogP contribution in [0.3, 0.4) is 0 Å². The number of likely N-dealkylation sites (tertiary alicyclic amines) is 1. The van der Waals surface area contributed by atoms with Crippen LogP contribution in [-0.2, 0) is 22.2 Å². The number of anilines is 1. The molecule has 128 valence electrons. The number of hydrogen-bond acceptors (Lipinski definition) is 6. The molecule has 8 heteroatoms. The number of rotatable bonds is 2. The number of ether oxygens (including phenoxy) is 1. The molecule has 3 heterocycles. The van der Waals surface area contributed by atoms with Crippen LogP contribution in [0, 0.1) is 0 Å². The van der Waals surface area contributed by atoms with Gasteiger partial charge in [-0.25, -0.2) is 9.97 Å². The lowest BCUT2D eigenvalue weighted by Gasteiger charge is -2.40. The minimum atomic E-state index is -0.739. The second-order valence-corrected chi connectivity index (χ2v) is 6.12. The van der Waals surface area contributed by atoms with Gasteiger partial charge in [-0.15, -0.1) is 0 Å². The summed E-state index contributed by atoms with van der Waals surface area (Å²) in [6, 6.07) is 1.74. The molecule has 2 aromatic heterocycles. The molecule has 0 saturated carbocycles. The smallest absolute Gasteiger partial charge is 0.258 e. The molecule has 0 radical (unpaired) electrons. The fraction of sp³-hybridized carbons (Fsp3) is 0.500. The van der Waals surface area contributed by atoms with E-state index < -0.39 is 5.60 Å². The number of amides is 1. The molecule has 1 amide bonds. The molecule has 24 heavy (non-hydrogen) atoms. The van der Waals surface area contributed by atoms with Crippen LogP contribution in [0.15, 0.2) is 17.2 Å². The number of pyridine rings is 1. The molecular weight excluding hydrogens is 310 g/mol. The predicted molar refractivity (Wildman–Crippen MR) is 89.4 cm³/mol. The zero-order valence-corrected chi connectivity index (χ0v) is 14.1. The van der Waals surface area contributed by atoms with E-state index in [-0.39, 0.29) is 11.5 Å². The van der Waals surface area contributed by atoms with E-state index in [2.05, 4.69) is 9.97 Å². The van der Waals surface area contributed by atoms with Crippen molar-refractivity contribution in [2.75, 3.05) is 25.9 Å². The summed E-state index contributed by atoms with van der Waals surface area (Å²) in [4.78, 5) is 34.4. The van der Waals surface area contributed by atoms with E-state index in [4.69, 9.17) is 10.5 Å². The van der Waals surface area contributed by atoms with Crippen LogP contribution in [0.25, 0.3) is 11.0 Å². The number of nitrogens with two attached hydrogens (primary N) is 1. The molecule has 1 aliphatic rings. The zero-order chi connectivity index (χ0) is 17.5. The van der Waals surface area contributed by atoms with Crippen LogP contribution in [0.2, 0.25) is 0 Å². The number of hydrogen-bond donors (Lipinski definition) is 1. The van der Waals surface area contributed by atoms with Gasteiger partial charge in [-0.05, 0) is 18.9 Å². The highest BCUT2D eigenvalue weighted by atomic mass is 16.5. The lowest BCUT2D eigenvalue weighted by atomic mass is 9.84. The lowest BCUT2D eigenvalue weighted by Crippen LogP contribution is -2.48. The molecule has 0 aliphatic carbocycles. The van der Waals surface area contributed by atoms with Gasteiger partial charge in [0.1, 0.15) is 23.4 Å². The van der Waals surface area contributed by atoms with Crippen molar-refractivity contribution in [1.82, 2.24) is 19.4 Å². The van der Waals surface area contributed by atoms with Crippen LogP contribution >= 0.6 is 0 Å². The van der Waals surface area contributed by atoms with E-state index >= 15 is 0 Å². The van der Waals surface area contributed by atoms with Crippen molar-refractivity contribution in [3.8, 4) is 0 Å². The summed E-state index contributed by atoms with van der Waals surface area (Å²) in [5, 5.41) is 0.625. The molecule has 0 atom stereocenters. The first-order valence-electron chi connectivity index (χ1n) is 7.81. The highest BCUT2D eigenvalue weighted by Crippen LogP contribution is 2.35. The summed E-state index contributed by atoms with van der Waals surface area (Å²) >= 11 is 0. The molecule has 0 bridgehead atoms. The third-order valence-corrected chi connectivity index (χ3v) is 4.93. The first kappa shape index (κ1) is 16.4. The predicted octanol–water partition coefficient (Wildman–Crippen LogP) is 0.395. The summed E-state index contributed by atoms with van der Waals surface area (Å²) in [6.07, 6.45) is 2.45. The van der Waals surface area contributed by atoms with E-state index in [1.54, 1.807) is 32.0 Å².